The van der Waals surface area contributed by atoms with Gasteiger partial charge in [-0.1, -0.05) is 11.3 Å². The summed E-state index contributed by atoms with van der Waals surface area (Å²) in [6.07, 6.45) is 4.46. The first kappa shape index (κ1) is 16.3. The summed E-state index contributed by atoms with van der Waals surface area (Å²) in [7, 11) is -4.75. The molecule has 2 aromatic rings. The number of carbonyl (C=O) groups is 1. The van der Waals surface area contributed by atoms with Crippen LogP contribution in [0.5, 0.6) is 0 Å². The molecule has 2 aliphatic rings. The zero-order valence-corrected chi connectivity index (χ0v) is 14.4. The lowest BCUT2D eigenvalue weighted by Gasteiger charge is -2.28. The van der Waals surface area contributed by atoms with Crippen LogP contribution in [0, 0.1) is 0 Å². The molecule has 1 N–H and O–H groups in total. The lowest BCUT2D eigenvalue weighted by molar-refractivity contribution is -0.0317. The number of hydroxylamine groups is 2. The smallest absolute Gasteiger partial charge is 0.311 e. The average Bonchev–Trinajstić information content (AvgIpc) is 3.16. The van der Waals surface area contributed by atoms with E-state index in [4.69, 9.17) is 4.55 Å². The van der Waals surface area contributed by atoms with Crippen LogP contribution in [0.15, 0.2) is 24.5 Å². The minimum atomic E-state index is -4.75. The first-order chi connectivity index (χ1) is 11.9. The maximum Gasteiger partial charge on any atom is 0.418 e. The predicted molar refractivity (Wildman–Crippen MR) is 85.5 cm³/mol. The zero-order chi connectivity index (χ0) is 17.6. The summed E-state index contributed by atoms with van der Waals surface area (Å²) in [4.78, 5) is 17.9. The molecule has 12 heteroatoms. The molecule has 2 amide bonds. The zero-order valence-electron chi connectivity index (χ0n) is 12.7. The standard InChI is InChI=1S/C13H13N5O5S2/c19-13-17-7-9(18(13)23-25(20,21)22)1-2-10(17)12-16-15-11(24-12)8-3-5-14-6-4-8/h3-6,9-10H,1-2,7H2,(H,20,21,22)/t9-,10-/m0/s1. The van der Waals surface area contributed by atoms with E-state index < -0.39 is 22.5 Å². The number of hydrogen-bond acceptors (Lipinski definition) is 8. The summed E-state index contributed by atoms with van der Waals surface area (Å²) in [5, 5.41) is 10.5. The van der Waals surface area contributed by atoms with Gasteiger partial charge in [0.2, 0.25) is 0 Å². The Hall–Kier alpha value is -2.15. The SMILES string of the molecule is O=C1N2C[C@H](CC[C@H]2c2nnc(-c3ccncc3)s2)N1OS(=O)(=O)O. The van der Waals surface area contributed by atoms with E-state index in [2.05, 4.69) is 19.5 Å². The van der Waals surface area contributed by atoms with Gasteiger partial charge < -0.3 is 4.90 Å². The Morgan fingerprint density at radius 3 is 2.72 bits per heavy atom. The minimum Gasteiger partial charge on any atom is -0.311 e. The van der Waals surface area contributed by atoms with Gasteiger partial charge in [0.1, 0.15) is 10.0 Å². The van der Waals surface area contributed by atoms with Crippen LogP contribution in [0.25, 0.3) is 10.6 Å². The van der Waals surface area contributed by atoms with Crippen molar-refractivity contribution in [2.24, 2.45) is 0 Å². The molecule has 132 valence electrons. The van der Waals surface area contributed by atoms with Crippen LogP contribution >= 0.6 is 11.3 Å². The molecule has 0 aromatic carbocycles. The summed E-state index contributed by atoms with van der Waals surface area (Å²) in [6.45, 7) is 0.309. The van der Waals surface area contributed by atoms with Gasteiger partial charge in [0.15, 0.2) is 0 Å². The van der Waals surface area contributed by atoms with Gasteiger partial charge >= 0.3 is 16.4 Å². The molecule has 0 saturated carbocycles. The van der Waals surface area contributed by atoms with E-state index in [1.54, 1.807) is 12.4 Å². The van der Waals surface area contributed by atoms with Crippen LogP contribution in [0.2, 0.25) is 0 Å². The highest BCUT2D eigenvalue weighted by Crippen LogP contribution is 2.40. The molecule has 10 nitrogen and oxygen atoms in total. The Kier molecular flexibility index (Phi) is 3.91. The lowest BCUT2D eigenvalue weighted by Crippen LogP contribution is -2.35. The van der Waals surface area contributed by atoms with Gasteiger partial charge in [0.25, 0.3) is 0 Å². The van der Waals surface area contributed by atoms with Gasteiger partial charge in [-0.15, -0.1) is 14.5 Å². The number of rotatable bonds is 4. The molecule has 4 heterocycles. The highest BCUT2D eigenvalue weighted by Gasteiger charge is 2.48. The number of aromatic nitrogens is 3. The third-order valence-corrected chi connectivity index (χ3v) is 5.57. The van der Waals surface area contributed by atoms with Crippen LogP contribution in [-0.2, 0) is 14.7 Å². The average molecular weight is 383 g/mol. The third kappa shape index (κ3) is 3.08. The summed E-state index contributed by atoms with van der Waals surface area (Å²) in [5.74, 6) is 0. The predicted octanol–water partition coefficient (Wildman–Crippen LogP) is 1.28. The van der Waals surface area contributed by atoms with E-state index in [9.17, 15) is 13.2 Å². The molecule has 0 spiro atoms. The van der Waals surface area contributed by atoms with Gasteiger partial charge in [-0.05, 0) is 25.0 Å². The fourth-order valence-electron chi connectivity index (χ4n) is 3.07. The van der Waals surface area contributed by atoms with Crippen LogP contribution in [-0.4, -0.2) is 56.7 Å². The fraction of sp³-hybridized carbons (Fsp3) is 0.385. The van der Waals surface area contributed by atoms with Gasteiger partial charge in [-0.25, -0.2) is 4.79 Å². The second-order valence-corrected chi connectivity index (χ2v) is 7.70. The largest absolute Gasteiger partial charge is 0.418 e. The van der Waals surface area contributed by atoms with Crippen molar-refractivity contribution in [1.82, 2.24) is 25.1 Å². The van der Waals surface area contributed by atoms with Crippen LogP contribution in [0.1, 0.15) is 23.9 Å². The second kappa shape index (κ2) is 5.98. The molecule has 2 saturated heterocycles. The van der Waals surface area contributed by atoms with Crippen LogP contribution in [0.3, 0.4) is 0 Å². The highest BCUT2D eigenvalue weighted by molar-refractivity contribution is 7.80. The molecule has 2 fully saturated rings. The fourth-order valence-corrected chi connectivity index (χ4v) is 4.45. The van der Waals surface area contributed by atoms with Gasteiger partial charge in [-0.3, -0.25) is 9.54 Å². The second-order valence-electron chi connectivity index (χ2n) is 5.69. The molecule has 2 atom stereocenters. The van der Waals surface area contributed by atoms with E-state index in [0.717, 1.165) is 15.6 Å². The molecule has 25 heavy (non-hydrogen) atoms. The Morgan fingerprint density at radius 2 is 2.00 bits per heavy atom. The normalized spacial score (nSPS) is 23.3. The number of piperidine rings is 1. The van der Waals surface area contributed by atoms with Crippen molar-refractivity contribution in [2.75, 3.05) is 6.54 Å². The molecular formula is C13H13N5O5S2. The number of fused-ring (bicyclic) bond motifs is 2. The van der Waals surface area contributed by atoms with E-state index in [1.807, 2.05) is 12.1 Å². The van der Waals surface area contributed by atoms with E-state index in [0.29, 0.717) is 24.4 Å². The molecule has 2 bridgehead atoms. The number of hydrogen-bond donors (Lipinski definition) is 1. The maximum absolute atomic E-state index is 12.4. The Morgan fingerprint density at radius 1 is 1.24 bits per heavy atom. The Bertz CT molecular complexity index is 903. The Labute approximate surface area is 147 Å². The summed E-state index contributed by atoms with van der Waals surface area (Å²) in [5.41, 5.74) is 0.886. The van der Waals surface area contributed by atoms with Crippen molar-refractivity contribution < 1.29 is 22.0 Å². The molecule has 2 aliphatic heterocycles. The van der Waals surface area contributed by atoms with Gasteiger partial charge in [0.05, 0.1) is 12.1 Å². The van der Waals surface area contributed by atoms with Crippen molar-refractivity contribution in [3.05, 3.63) is 29.5 Å². The third-order valence-electron chi connectivity index (χ3n) is 4.15. The van der Waals surface area contributed by atoms with Crippen molar-refractivity contribution in [2.45, 2.75) is 24.9 Å². The molecule has 0 unspecified atom stereocenters. The van der Waals surface area contributed by atoms with Crippen LogP contribution in [0.4, 0.5) is 4.79 Å². The summed E-state index contributed by atoms with van der Waals surface area (Å²) in [6, 6.07) is 2.32. The van der Waals surface area contributed by atoms with Crippen molar-refractivity contribution >= 4 is 27.8 Å². The summed E-state index contributed by atoms with van der Waals surface area (Å²) >= 11 is 1.38. The molecule has 0 radical (unpaired) electrons. The molecular weight excluding hydrogens is 370 g/mol. The molecule has 0 aliphatic carbocycles. The van der Waals surface area contributed by atoms with E-state index in [-0.39, 0.29) is 6.04 Å². The number of pyridine rings is 1. The monoisotopic (exact) mass is 383 g/mol. The number of amides is 2. The Balaban J connectivity index is 1.57. The van der Waals surface area contributed by atoms with E-state index >= 15 is 0 Å². The van der Waals surface area contributed by atoms with Crippen molar-refractivity contribution in [3.63, 3.8) is 0 Å². The highest BCUT2D eigenvalue weighted by atomic mass is 32.3. The topological polar surface area (TPSA) is 126 Å². The quantitative estimate of drug-likeness (QED) is 0.783. The number of carbonyl (C=O) groups excluding carboxylic acids is 1. The van der Waals surface area contributed by atoms with Crippen molar-refractivity contribution in [3.8, 4) is 10.6 Å². The van der Waals surface area contributed by atoms with Crippen molar-refractivity contribution in [1.29, 1.82) is 0 Å². The van der Waals surface area contributed by atoms with E-state index in [1.165, 1.54) is 16.2 Å². The van der Waals surface area contributed by atoms with Gasteiger partial charge in [0, 0.05) is 24.5 Å². The number of nitrogens with zero attached hydrogens (tertiary/aromatic N) is 5. The molecule has 2 aromatic heterocycles. The summed E-state index contributed by atoms with van der Waals surface area (Å²) < 4.78 is 35.1. The maximum atomic E-state index is 12.4. The first-order valence-electron chi connectivity index (χ1n) is 7.43. The first-order valence-corrected chi connectivity index (χ1v) is 9.61. The van der Waals surface area contributed by atoms with Crippen LogP contribution < -0.4 is 0 Å². The van der Waals surface area contributed by atoms with Gasteiger partial charge in [-0.2, -0.15) is 13.5 Å². The lowest BCUT2D eigenvalue weighted by atomic mass is 10.0. The minimum absolute atomic E-state index is 0.299. The molecule has 4 rings (SSSR count). The number of urea groups is 1.